The van der Waals surface area contributed by atoms with Gasteiger partial charge in [-0.15, -0.1) is 0 Å². The number of hydrogen-bond acceptors (Lipinski definition) is 0. The van der Waals surface area contributed by atoms with E-state index in [0.717, 1.165) is 5.92 Å². The van der Waals surface area contributed by atoms with Crippen molar-refractivity contribution >= 4 is 0 Å². The Kier molecular flexibility index (Phi) is 11.1. The quantitative estimate of drug-likeness (QED) is 0.353. The molecule has 1 atom stereocenters. The predicted molar refractivity (Wildman–Crippen MR) is 105 cm³/mol. The topological polar surface area (TPSA) is 0 Å². The molecule has 0 saturated carbocycles. The normalized spacial score (nSPS) is 12.5. The molecule has 0 nitrogen and oxygen atoms in total. The van der Waals surface area contributed by atoms with E-state index < -0.39 is 0 Å². The van der Waals surface area contributed by atoms with E-state index in [0.29, 0.717) is 0 Å². The van der Waals surface area contributed by atoms with Gasteiger partial charge in [-0.05, 0) is 61.1 Å². The van der Waals surface area contributed by atoms with Crippen LogP contribution in [0.2, 0.25) is 0 Å². The molecule has 0 amide bonds. The van der Waals surface area contributed by atoms with Crippen molar-refractivity contribution in [2.75, 3.05) is 0 Å². The molecule has 1 unspecified atom stereocenters. The summed E-state index contributed by atoms with van der Waals surface area (Å²) >= 11 is 0. The summed E-state index contributed by atoms with van der Waals surface area (Å²) in [5.41, 5.74) is 4.75. The third kappa shape index (κ3) is 9.18. The first kappa shape index (κ1) is 20.3. The highest BCUT2D eigenvalue weighted by molar-refractivity contribution is 5.30. The molecule has 23 heavy (non-hydrogen) atoms. The van der Waals surface area contributed by atoms with Gasteiger partial charge in [-0.2, -0.15) is 0 Å². The highest BCUT2D eigenvalue weighted by atomic mass is 14.1. The van der Waals surface area contributed by atoms with Crippen LogP contribution in [0.5, 0.6) is 0 Å². The number of unbranched alkanes of at least 4 members (excludes halogenated alkanes) is 3. The summed E-state index contributed by atoms with van der Waals surface area (Å²) < 4.78 is 0. The Balaban J connectivity index is 2.56. The average molecular weight is 317 g/mol. The summed E-state index contributed by atoms with van der Waals surface area (Å²) in [6, 6.07) is 7.45. The molecule has 0 aliphatic heterocycles. The van der Waals surface area contributed by atoms with Crippen molar-refractivity contribution < 1.29 is 0 Å². The minimum atomic E-state index is 0.901. The van der Waals surface area contributed by atoms with Crippen molar-refractivity contribution in [2.24, 2.45) is 5.92 Å². The standard InChI is InChI=1S/C23H40/c1-5-8-12-20(4)13-11-16-23-18-21(14-9-6-2)17-22(19-23)15-10-7-3/h17-20H,5-16H2,1-4H3. The molecule has 0 heteroatoms. The zero-order chi connectivity index (χ0) is 16.9. The molecular weight excluding hydrogens is 276 g/mol. The molecule has 0 aromatic heterocycles. The number of rotatable bonds is 13. The van der Waals surface area contributed by atoms with Gasteiger partial charge >= 0.3 is 0 Å². The Hall–Kier alpha value is -0.780. The van der Waals surface area contributed by atoms with Crippen LogP contribution in [0.25, 0.3) is 0 Å². The summed E-state index contributed by atoms with van der Waals surface area (Å²) in [6.07, 6.45) is 15.9. The lowest BCUT2D eigenvalue weighted by Gasteiger charge is -2.12. The third-order valence-corrected chi connectivity index (χ3v) is 4.96. The highest BCUT2D eigenvalue weighted by Crippen LogP contribution is 2.19. The first-order valence-electron chi connectivity index (χ1n) is 10.3. The van der Waals surface area contributed by atoms with E-state index in [9.17, 15) is 0 Å². The van der Waals surface area contributed by atoms with Crippen LogP contribution in [0.4, 0.5) is 0 Å². The smallest absolute Gasteiger partial charge is 0.0279 e. The van der Waals surface area contributed by atoms with E-state index in [-0.39, 0.29) is 0 Å². The molecule has 0 radical (unpaired) electrons. The van der Waals surface area contributed by atoms with Crippen LogP contribution in [0.1, 0.15) is 102 Å². The van der Waals surface area contributed by atoms with Crippen LogP contribution < -0.4 is 0 Å². The van der Waals surface area contributed by atoms with E-state index in [4.69, 9.17) is 0 Å². The molecular formula is C23H40. The Morgan fingerprint density at radius 1 is 0.609 bits per heavy atom. The van der Waals surface area contributed by atoms with Crippen molar-refractivity contribution in [1.82, 2.24) is 0 Å². The second-order valence-corrected chi connectivity index (χ2v) is 7.50. The van der Waals surface area contributed by atoms with Gasteiger partial charge in [0.15, 0.2) is 0 Å². The van der Waals surface area contributed by atoms with Crippen LogP contribution in [0, 0.1) is 5.92 Å². The van der Waals surface area contributed by atoms with Crippen molar-refractivity contribution in [1.29, 1.82) is 0 Å². The van der Waals surface area contributed by atoms with Crippen molar-refractivity contribution in [3.05, 3.63) is 34.9 Å². The Labute approximate surface area is 146 Å². The lowest BCUT2D eigenvalue weighted by atomic mass is 9.93. The van der Waals surface area contributed by atoms with E-state index in [1.165, 1.54) is 77.0 Å². The summed E-state index contributed by atoms with van der Waals surface area (Å²) in [6.45, 7) is 9.31. The first-order chi connectivity index (χ1) is 11.2. The van der Waals surface area contributed by atoms with Crippen molar-refractivity contribution in [3.63, 3.8) is 0 Å². The summed E-state index contributed by atoms with van der Waals surface area (Å²) in [5, 5.41) is 0. The Morgan fingerprint density at radius 3 is 1.43 bits per heavy atom. The zero-order valence-corrected chi connectivity index (χ0v) is 16.3. The maximum atomic E-state index is 2.49. The molecule has 0 aliphatic rings. The average Bonchev–Trinajstić information content (AvgIpc) is 2.56. The molecule has 132 valence electrons. The number of aryl methyl sites for hydroxylation is 3. The van der Waals surface area contributed by atoms with Gasteiger partial charge in [-0.1, -0.05) is 84.4 Å². The van der Waals surface area contributed by atoms with Gasteiger partial charge in [0.2, 0.25) is 0 Å². The number of benzene rings is 1. The zero-order valence-electron chi connectivity index (χ0n) is 16.3. The molecule has 0 heterocycles. The maximum Gasteiger partial charge on any atom is -0.0279 e. The molecule has 0 fully saturated rings. The van der Waals surface area contributed by atoms with Crippen LogP contribution >= 0.6 is 0 Å². The van der Waals surface area contributed by atoms with E-state index in [2.05, 4.69) is 45.9 Å². The van der Waals surface area contributed by atoms with Crippen LogP contribution in [-0.4, -0.2) is 0 Å². The lowest BCUT2D eigenvalue weighted by Crippen LogP contribution is -1.98. The molecule has 0 aliphatic carbocycles. The van der Waals surface area contributed by atoms with Crippen LogP contribution in [0.3, 0.4) is 0 Å². The highest BCUT2D eigenvalue weighted by Gasteiger charge is 2.05. The van der Waals surface area contributed by atoms with Crippen LogP contribution in [0.15, 0.2) is 18.2 Å². The van der Waals surface area contributed by atoms with Gasteiger partial charge in [0.05, 0.1) is 0 Å². The SMILES string of the molecule is CCCCc1cc(CCCC)cc(CCCC(C)CCCC)c1. The molecule has 0 spiro atoms. The molecule has 1 aromatic carbocycles. The lowest BCUT2D eigenvalue weighted by molar-refractivity contribution is 0.457. The molecule has 0 bridgehead atoms. The Bertz CT molecular complexity index is 378. The van der Waals surface area contributed by atoms with E-state index >= 15 is 0 Å². The minimum Gasteiger partial charge on any atom is -0.0654 e. The number of hydrogen-bond donors (Lipinski definition) is 0. The predicted octanol–water partition coefficient (Wildman–Crippen LogP) is 7.52. The Morgan fingerprint density at radius 2 is 1.00 bits per heavy atom. The summed E-state index contributed by atoms with van der Waals surface area (Å²) in [4.78, 5) is 0. The van der Waals surface area contributed by atoms with Crippen molar-refractivity contribution in [2.45, 2.75) is 105 Å². The van der Waals surface area contributed by atoms with Gasteiger partial charge in [-0.3, -0.25) is 0 Å². The first-order valence-corrected chi connectivity index (χ1v) is 10.3. The van der Waals surface area contributed by atoms with E-state index in [1.54, 1.807) is 16.7 Å². The fourth-order valence-corrected chi connectivity index (χ4v) is 3.39. The fraction of sp³-hybridized carbons (Fsp3) is 0.739. The van der Waals surface area contributed by atoms with Gasteiger partial charge in [0, 0.05) is 0 Å². The largest absolute Gasteiger partial charge is 0.0654 e. The molecule has 0 N–H and O–H groups in total. The monoisotopic (exact) mass is 316 g/mol. The van der Waals surface area contributed by atoms with Gasteiger partial charge < -0.3 is 0 Å². The van der Waals surface area contributed by atoms with Gasteiger partial charge in [0.1, 0.15) is 0 Å². The minimum absolute atomic E-state index is 0.901. The van der Waals surface area contributed by atoms with Gasteiger partial charge in [0.25, 0.3) is 0 Å². The van der Waals surface area contributed by atoms with Gasteiger partial charge in [-0.25, -0.2) is 0 Å². The fourth-order valence-electron chi connectivity index (χ4n) is 3.39. The molecule has 1 rings (SSSR count). The molecule has 0 saturated heterocycles. The summed E-state index contributed by atoms with van der Waals surface area (Å²) in [7, 11) is 0. The van der Waals surface area contributed by atoms with Crippen molar-refractivity contribution in [3.8, 4) is 0 Å². The maximum absolute atomic E-state index is 2.49. The molecule has 1 aromatic rings. The third-order valence-electron chi connectivity index (χ3n) is 4.96. The summed E-state index contributed by atoms with van der Waals surface area (Å²) in [5.74, 6) is 0.901. The second-order valence-electron chi connectivity index (χ2n) is 7.50. The second kappa shape index (κ2) is 12.6. The van der Waals surface area contributed by atoms with Crippen LogP contribution in [-0.2, 0) is 19.3 Å². The van der Waals surface area contributed by atoms with E-state index in [1.807, 2.05) is 0 Å².